The molecular weight excluding hydrogens is 152 g/mol. The zero-order valence-electron chi connectivity index (χ0n) is 8.18. The van der Waals surface area contributed by atoms with Crippen molar-refractivity contribution in [2.45, 2.75) is 27.2 Å². The normalized spacial score (nSPS) is 24.2. The van der Waals surface area contributed by atoms with Crippen molar-refractivity contribution >= 4 is 5.78 Å². The van der Waals surface area contributed by atoms with Gasteiger partial charge in [0.05, 0.1) is 7.11 Å². The average molecular weight is 168 g/mol. The summed E-state index contributed by atoms with van der Waals surface area (Å²) in [5, 5.41) is 0. The largest absolute Gasteiger partial charge is 0.493 e. The third kappa shape index (κ3) is 1.68. The highest BCUT2D eigenvalue weighted by molar-refractivity contribution is 5.96. The van der Waals surface area contributed by atoms with Crippen LogP contribution in [0.15, 0.2) is 11.8 Å². The molecule has 1 aliphatic rings. The van der Waals surface area contributed by atoms with Crippen LogP contribution in [0, 0.1) is 11.3 Å². The Balaban J connectivity index is 2.77. The van der Waals surface area contributed by atoms with E-state index in [4.69, 9.17) is 4.74 Å². The van der Waals surface area contributed by atoms with Gasteiger partial charge in [0.1, 0.15) is 0 Å². The molecule has 1 rings (SSSR count). The van der Waals surface area contributed by atoms with Gasteiger partial charge in [-0.25, -0.2) is 0 Å². The highest BCUT2D eigenvalue weighted by Crippen LogP contribution is 2.35. The molecule has 0 amide bonds. The Morgan fingerprint density at radius 1 is 1.50 bits per heavy atom. The van der Waals surface area contributed by atoms with Crippen LogP contribution in [0.25, 0.3) is 0 Å². The van der Waals surface area contributed by atoms with Crippen LogP contribution in [0.1, 0.15) is 27.2 Å². The maximum absolute atomic E-state index is 11.3. The van der Waals surface area contributed by atoms with Crippen LogP contribution < -0.4 is 0 Å². The number of allylic oxidation sites excluding steroid dienone is 2. The molecule has 0 spiro atoms. The molecule has 12 heavy (non-hydrogen) atoms. The quantitative estimate of drug-likeness (QED) is 0.599. The summed E-state index contributed by atoms with van der Waals surface area (Å²) in [6.45, 7) is 6.42. The molecule has 1 unspecified atom stereocenters. The van der Waals surface area contributed by atoms with Crippen molar-refractivity contribution in [1.82, 2.24) is 0 Å². The highest BCUT2D eigenvalue weighted by Gasteiger charge is 2.32. The number of hydrogen-bond acceptors (Lipinski definition) is 2. The highest BCUT2D eigenvalue weighted by atomic mass is 16.5. The third-order valence-electron chi connectivity index (χ3n) is 2.36. The number of carbonyl (C=O) groups is 1. The van der Waals surface area contributed by atoms with Crippen molar-refractivity contribution in [3.8, 4) is 0 Å². The number of Topliss-reactive ketones (excluding diaryl/α,β-unsaturated/α-hetero) is 1. The second-order valence-electron chi connectivity index (χ2n) is 4.33. The van der Waals surface area contributed by atoms with Gasteiger partial charge in [-0.3, -0.25) is 4.79 Å². The minimum atomic E-state index is 0.137. The van der Waals surface area contributed by atoms with E-state index in [9.17, 15) is 4.79 Å². The van der Waals surface area contributed by atoms with Gasteiger partial charge < -0.3 is 4.74 Å². The van der Waals surface area contributed by atoms with Gasteiger partial charge in [-0.15, -0.1) is 0 Å². The van der Waals surface area contributed by atoms with E-state index in [1.54, 1.807) is 7.11 Å². The molecule has 1 aliphatic carbocycles. The summed E-state index contributed by atoms with van der Waals surface area (Å²) < 4.78 is 4.96. The van der Waals surface area contributed by atoms with Crippen molar-refractivity contribution in [3.63, 3.8) is 0 Å². The second-order valence-corrected chi connectivity index (χ2v) is 4.33. The van der Waals surface area contributed by atoms with Crippen molar-refractivity contribution in [2.75, 3.05) is 7.11 Å². The molecule has 0 heterocycles. The lowest BCUT2D eigenvalue weighted by molar-refractivity contribution is -0.118. The summed E-state index contributed by atoms with van der Waals surface area (Å²) in [6, 6.07) is 0. The molecule has 0 aliphatic heterocycles. The lowest BCUT2D eigenvalue weighted by atomic mass is 9.80. The minimum Gasteiger partial charge on any atom is -0.493 e. The summed E-state index contributed by atoms with van der Waals surface area (Å²) in [5.41, 5.74) is 0.163. The number of ketones is 1. The van der Waals surface area contributed by atoms with E-state index >= 15 is 0 Å². The lowest BCUT2D eigenvalue weighted by Gasteiger charge is -2.23. The van der Waals surface area contributed by atoms with E-state index in [0.717, 1.165) is 0 Å². The molecule has 0 aromatic carbocycles. The molecule has 0 bridgehead atoms. The van der Waals surface area contributed by atoms with Crippen molar-refractivity contribution in [3.05, 3.63) is 11.8 Å². The number of carbonyl (C=O) groups excluding carboxylic acids is 1. The molecule has 0 N–H and O–H groups in total. The molecule has 68 valence electrons. The standard InChI is InChI=1S/C10H16O2/c1-10(2,3)7-5-8(11)9(6-7)12-4/h6-7H,5H2,1-4H3. The molecule has 0 aromatic rings. The van der Waals surface area contributed by atoms with Crippen LogP contribution in [-0.4, -0.2) is 12.9 Å². The van der Waals surface area contributed by atoms with E-state index in [0.29, 0.717) is 18.1 Å². The smallest absolute Gasteiger partial charge is 0.197 e. The van der Waals surface area contributed by atoms with Crippen molar-refractivity contribution in [2.24, 2.45) is 11.3 Å². The fourth-order valence-corrected chi connectivity index (χ4v) is 1.37. The Hall–Kier alpha value is -0.790. The zero-order chi connectivity index (χ0) is 9.35. The summed E-state index contributed by atoms with van der Waals surface area (Å²) in [4.78, 5) is 11.3. The molecule has 0 saturated heterocycles. The number of hydrogen-bond donors (Lipinski definition) is 0. The van der Waals surface area contributed by atoms with Gasteiger partial charge in [0.25, 0.3) is 0 Å². The van der Waals surface area contributed by atoms with E-state index in [2.05, 4.69) is 20.8 Å². The van der Waals surface area contributed by atoms with Crippen molar-refractivity contribution in [1.29, 1.82) is 0 Å². The van der Waals surface area contributed by atoms with E-state index < -0.39 is 0 Å². The van der Waals surface area contributed by atoms with Crippen LogP contribution in [0.4, 0.5) is 0 Å². The average Bonchev–Trinajstić information content (AvgIpc) is 2.29. The fraction of sp³-hybridized carbons (Fsp3) is 0.700. The van der Waals surface area contributed by atoms with Gasteiger partial charge in [0.2, 0.25) is 0 Å². The number of methoxy groups -OCH3 is 1. The summed E-state index contributed by atoms with van der Waals surface area (Å²) in [6.07, 6.45) is 2.55. The van der Waals surface area contributed by atoms with Gasteiger partial charge in [-0.2, -0.15) is 0 Å². The van der Waals surface area contributed by atoms with Crippen LogP contribution in [0.2, 0.25) is 0 Å². The molecule has 0 fully saturated rings. The monoisotopic (exact) mass is 168 g/mol. The third-order valence-corrected chi connectivity index (χ3v) is 2.36. The summed E-state index contributed by atoms with van der Waals surface area (Å²) >= 11 is 0. The Labute approximate surface area is 73.6 Å². The molecule has 0 aromatic heterocycles. The Kier molecular flexibility index (Phi) is 2.27. The predicted molar refractivity (Wildman–Crippen MR) is 47.7 cm³/mol. The molecule has 2 nitrogen and oxygen atoms in total. The van der Waals surface area contributed by atoms with Crippen LogP contribution >= 0.6 is 0 Å². The van der Waals surface area contributed by atoms with E-state index in [-0.39, 0.29) is 11.2 Å². The van der Waals surface area contributed by atoms with Crippen LogP contribution in [-0.2, 0) is 9.53 Å². The van der Waals surface area contributed by atoms with Gasteiger partial charge >= 0.3 is 0 Å². The molecule has 0 radical (unpaired) electrons. The SMILES string of the molecule is COC1=CC(C(C)(C)C)CC1=O. The summed E-state index contributed by atoms with van der Waals surface area (Å²) in [5.74, 6) is 1.01. The molecule has 1 atom stereocenters. The first-order valence-corrected chi connectivity index (χ1v) is 4.24. The maximum atomic E-state index is 11.3. The van der Waals surface area contributed by atoms with Gasteiger partial charge in [0, 0.05) is 6.42 Å². The molecule has 2 heteroatoms. The van der Waals surface area contributed by atoms with E-state index in [1.165, 1.54) is 0 Å². The van der Waals surface area contributed by atoms with Gasteiger partial charge in [-0.05, 0) is 17.4 Å². The summed E-state index contributed by atoms with van der Waals surface area (Å²) in [7, 11) is 1.55. The molecule has 0 saturated carbocycles. The van der Waals surface area contributed by atoms with Crippen LogP contribution in [0.3, 0.4) is 0 Å². The number of rotatable bonds is 1. The fourth-order valence-electron chi connectivity index (χ4n) is 1.37. The zero-order valence-corrected chi connectivity index (χ0v) is 8.18. The first kappa shape index (κ1) is 9.30. The predicted octanol–water partition coefficient (Wildman–Crippen LogP) is 2.15. The lowest BCUT2D eigenvalue weighted by Crippen LogP contribution is -2.17. The number of ether oxygens (including phenoxy) is 1. The topological polar surface area (TPSA) is 26.3 Å². The first-order chi connectivity index (χ1) is 5.45. The second kappa shape index (κ2) is 2.92. The van der Waals surface area contributed by atoms with E-state index in [1.807, 2.05) is 6.08 Å². The van der Waals surface area contributed by atoms with Gasteiger partial charge in [0.15, 0.2) is 11.5 Å². The van der Waals surface area contributed by atoms with Crippen LogP contribution in [0.5, 0.6) is 0 Å². The maximum Gasteiger partial charge on any atom is 0.197 e. The first-order valence-electron chi connectivity index (χ1n) is 4.24. The Morgan fingerprint density at radius 3 is 2.33 bits per heavy atom. The van der Waals surface area contributed by atoms with Gasteiger partial charge in [-0.1, -0.05) is 20.8 Å². The minimum absolute atomic E-state index is 0.137. The Morgan fingerprint density at radius 2 is 2.08 bits per heavy atom. The van der Waals surface area contributed by atoms with Crippen molar-refractivity contribution < 1.29 is 9.53 Å². The molecular formula is C10H16O2. The Bertz CT molecular complexity index is 220.